The molecule has 0 fully saturated rings. The lowest BCUT2D eigenvalue weighted by Gasteiger charge is -2.21. The van der Waals surface area contributed by atoms with E-state index in [1.807, 2.05) is 0 Å². The molecule has 1 rings (SSSR count). The molecule has 0 heterocycles. The van der Waals surface area contributed by atoms with Crippen molar-refractivity contribution in [3.05, 3.63) is 46.1 Å². The van der Waals surface area contributed by atoms with Crippen LogP contribution in [-0.4, -0.2) is 5.60 Å². The molecule has 1 aromatic rings. The van der Waals surface area contributed by atoms with E-state index in [4.69, 9.17) is 15.3 Å². The Kier molecular flexibility index (Phi) is 4.45. The van der Waals surface area contributed by atoms with Crippen molar-refractivity contribution < 1.29 is 14.2 Å². The van der Waals surface area contributed by atoms with Crippen molar-refractivity contribution >= 4 is 0 Å². The van der Waals surface area contributed by atoms with E-state index < -0.39 is 17.6 Å². The highest BCUT2D eigenvalue weighted by molar-refractivity contribution is 5.19. The van der Waals surface area contributed by atoms with Crippen molar-refractivity contribution in [2.24, 2.45) is 5.11 Å². The first-order chi connectivity index (χ1) is 7.94. The summed E-state index contributed by atoms with van der Waals surface area (Å²) < 4.78 is 13.5. The largest absolute Gasteiger partial charge is 0.230 e. The molecule has 0 amide bonds. The molecule has 0 N–H and O–H groups in total. The quantitative estimate of drug-likeness (QED) is 0.263. The monoisotopic (exact) mass is 239 g/mol. The first-order valence-electron chi connectivity index (χ1n) is 5.07. The van der Waals surface area contributed by atoms with Gasteiger partial charge in [-0.05, 0) is 32.4 Å². The SMILES string of the molecule is CC(C)(C)OOC(N=[N+]=[N-])c1ccccc1F. The molecule has 92 valence electrons. The van der Waals surface area contributed by atoms with E-state index in [0.717, 1.165) is 0 Å². The number of benzene rings is 1. The van der Waals surface area contributed by atoms with Crippen LogP contribution in [0.1, 0.15) is 32.6 Å². The van der Waals surface area contributed by atoms with E-state index in [0.29, 0.717) is 0 Å². The Morgan fingerprint density at radius 3 is 2.53 bits per heavy atom. The fourth-order valence-corrected chi connectivity index (χ4v) is 1.05. The van der Waals surface area contributed by atoms with Crippen LogP contribution in [0, 0.1) is 5.82 Å². The molecule has 0 bridgehead atoms. The number of azide groups is 1. The van der Waals surface area contributed by atoms with Gasteiger partial charge in [0.15, 0.2) is 6.23 Å². The Morgan fingerprint density at radius 2 is 2.00 bits per heavy atom. The predicted molar refractivity (Wildman–Crippen MR) is 60.2 cm³/mol. The smallest absolute Gasteiger partial charge is 0.199 e. The van der Waals surface area contributed by atoms with Crippen LogP contribution in [0.15, 0.2) is 29.4 Å². The molecule has 17 heavy (non-hydrogen) atoms. The van der Waals surface area contributed by atoms with Gasteiger partial charge in [-0.15, -0.1) is 0 Å². The minimum atomic E-state index is -1.14. The molecule has 1 atom stereocenters. The molecule has 0 aromatic heterocycles. The van der Waals surface area contributed by atoms with Crippen molar-refractivity contribution in [3.8, 4) is 0 Å². The summed E-state index contributed by atoms with van der Waals surface area (Å²) in [6.45, 7) is 5.30. The number of nitrogens with zero attached hydrogens (tertiary/aromatic N) is 3. The van der Waals surface area contributed by atoms with Crippen molar-refractivity contribution in [3.63, 3.8) is 0 Å². The van der Waals surface area contributed by atoms with E-state index in [-0.39, 0.29) is 5.56 Å². The Labute approximate surface area is 98.7 Å². The Morgan fingerprint density at radius 1 is 1.35 bits per heavy atom. The van der Waals surface area contributed by atoms with Gasteiger partial charge in [0, 0.05) is 10.5 Å². The summed E-state index contributed by atoms with van der Waals surface area (Å²) in [6.07, 6.45) is -1.14. The highest BCUT2D eigenvalue weighted by Crippen LogP contribution is 2.24. The fourth-order valence-electron chi connectivity index (χ4n) is 1.05. The summed E-state index contributed by atoms with van der Waals surface area (Å²) >= 11 is 0. The highest BCUT2D eigenvalue weighted by atomic mass is 19.1. The Hall–Kier alpha value is -1.62. The van der Waals surface area contributed by atoms with Gasteiger partial charge in [-0.1, -0.05) is 23.3 Å². The van der Waals surface area contributed by atoms with Crippen molar-refractivity contribution in [1.82, 2.24) is 0 Å². The van der Waals surface area contributed by atoms with Gasteiger partial charge in [-0.2, -0.15) is 0 Å². The second kappa shape index (κ2) is 5.63. The van der Waals surface area contributed by atoms with Gasteiger partial charge in [0.25, 0.3) is 0 Å². The predicted octanol–water partition coefficient (Wildman–Crippen LogP) is 3.88. The fraction of sp³-hybridized carbons (Fsp3) is 0.455. The number of hydrogen-bond acceptors (Lipinski definition) is 3. The van der Waals surface area contributed by atoms with Gasteiger partial charge in [-0.3, -0.25) is 0 Å². The molecule has 1 unspecified atom stereocenters. The third-order valence-electron chi connectivity index (χ3n) is 1.72. The lowest BCUT2D eigenvalue weighted by atomic mass is 10.2. The van der Waals surface area contributed by atoms with Crippen LogP contribution < -0.4 is 0 Å². The van der Waals surface area contributed by atoms with Gasteiger partial charge in [-0.25, -0.2) is 14.2 Å². The zero-order valence-corrected chi connectivity index (χ0v) is 9.92. The zero-order chi connectivity index (χ0) is 12.9. The first-order valence-corrected chi connectivity index (χ1v) is 5.07. The maximum Gasteiger partial charge on any atom is 0.199 e. The van der Waals surface area contributed by atoms with Crippen LogP contribution >= 0.6 is 0 Å². The van der Waals surface area contributed by atoms with Crippen LogP contribution in [0.5, 0.6) is 0 Å². The summed E-state index contributed by atoms with van der Waals surface area (Å²) in [5.74, 6) is -0.512. The molecule has 0 aliphatic rings. The molecular weight excluding hydrogens is 225 g/mol. The summed E-state index contributed by atoms with van der Waals surface area (Å²) in [7, 11) is 0. The molecule has 1 aromatic carbocycles. The summed E-state index contributed by atoms with van der Waals surface area (Å²) in [5.41, 5.74) is 7.98. The van der Waals surface area contributed by atoms with Crippen LogP contribution in [0.4, 0.5) is 4.39 Å². The van der Waals surface area contributed by atoms with E-state index in [1.54, 1.807) is 26.8 Å². The van der Waals surface area contributed by atoms with Crippen LogP contribution in [0.3, 0.4) is 0 Å². The standard InChI is InChI=1S/C11H14FN3O2/c1-11(2,3)17-16-10(14-15-13)8-6-4-5-7-9(8)12/h4-7,10H,1-3H3. The molecule has 0 saturated carbocycles. The third kappa shape index (κ3) is 4.40. The first kappa shape index (κ1) is 13.4. The van der Waals surface area contributed by atoms with Gasteiger partial charge in [0.1, 0.15) is 5.82 Å². The summed E-state index contributed by atoms with van der Waals surface area (Å²) in [6, 6.07) is 5.89. The topological polar surface area (TPSA) is 67.2 Å². The van der Waals surface area contributed by atoms with Crippen molar-refractivity contribution in [2.45, 2.75) is 32.6 Å². The molecule has 5 nitrogen and oxygen atoms in total. The molecular formula is C11H14FN3O2. The number of rotatable bonds is 4. The maximum absolute atomic E-state index is 13.5. The zero-order valence-electron chi connectivity index (χ0n) is 9.92. The molecule has 0 spiro atoms. The van der Waals surface area contributed by atoms with Crippen LogP contribution in [0.25, 0.3) is 10.4 Å². The normalized spacial score (nSPS) is 12.9. The summed E-state index contributed by atoms with van der Waals surface area (Å²) in [5, 5.41) is 3.35. The number of hydrogen-bond donors (Lipinski definition) is 0. The second-order valence-corrected chi connectivity index (χ2v) is 4.37. The highest BCUT2D eigenvalue weighted by Gasteiger charge is 2.19. The minimum absolute atomic E-state index is 0.134. The average Bonchev–Trinajstić information content (AvgIpc) is 2.24. The van der Waals surface area contributed by atoms with Gasteiger partial charge in [0.2, 0.25) is 0 Å². The van der Waals surface area contributed by atoms with Gasteiger partial charge < -0.3 is 0 Å². The molecule has 6 heteroatoms. The molecule has 0 saturated heterocycles. The minimum Gasteiger partial charge on any atom is -0.230 e. The molecule has 0 radical (unpaired) electrons. The van der Waals surface area contributed by atoms with E-state index in [9.17, 15) is 4.39 Å². The van der Waals surface area contributed by atoms with Gasteiger partial charge in [0.05, 0.1) is 5.60 Å². The second-order valence-electron chi connectivity index (χ2n) is 4.37. The lowest BCUT2D eigenvalue weighted by molar-refractivity contribution is -0.375. The lowest BCUT2D eigenvalue weighted by Crippen LogP contribution is -2.21. The van der Waals surface area contributed by atoms with E-state index in [2.05, 4.69) is 10.0 Å². The van der Waals surface area contributed by atoms with E-state index >= 15 is 0 Å². The maximum atomic E-state index is 13.5. The van der Waals surface area contributed by atoms with Gasteiger partial charge >= 0.3 is 0 Å². The number of halogens is 1. The average molecular weight is 239 g/mol. The van der Waals surface area contributed by atoms with Crippen LogP contribution in [-0.2, 0) is 9.78 Å². The molecule has 0 aliphatic carbocycles. The third-order valence-corrected chi connectivity index (χ3v) is 1.72. The Balaban J connectivity index is 2.87. The van der Waals surface area contributed by atoms with Crippen molar-refractivity contribution in [1.29, 1.82) is 0 Å². The summed E-state index contributed by atoms with van der Waals surface area (Å²) in [4.78, 5) is 12.6. The van der Waals surface area contributed by atoms with E-state index in [1.165, 1.54) is 18.2 Å². The Bertz CT molecular complexity index is 425. The molecule has 0 aliphatic heterocycles. The van der Waals surface area contributed by atoms with Crippen LogP contribution in [0.2, 0.25) is 0 Å². The van der Waals surface area contributed by atoms with Crippen molar-refractivity contribution in [2.75, 3.05) is 0 Å².